The van der Waals surface area contributed by atoms with Gasteiger partial charge in [0, 0.05) is 40.6 Å². The van der Waals surface area contributed by atoms with Crippen molar-refractivity contribution in [2.75, 3.05) is 7.11 Å². The van der Waals surface area contributed by atoms with Crippen LogP contribution >= 0.6 is 11.8 Å². The summed E-state index contributed by atoms with van der Waals surface area (Å²) in [5.41, 5.74) is 1.51. The molecule has 10 heteroatoms. The van der Waals surface area contributed by atoms with E-state index in [0.29, 0.717) is 22.3 Å². The molecule has 7 nitrogen and oxygen atoms in total. The number of hydrogen-bond acceptors (Lipinski definition) is 4. The minimum Gasteiger partial charge on any atom is -0.497 e. The van der Waals surface area contributed by atoms with Gasteiger partial charge in [-0.05, 0) is 6.07 Å². The number of nitrogens with one attached hydrogen (secondary N) is 2. The SMILES string of the molecule is COc1cc(F)c2c(c1)c(-c1cn[nH]c1)c(-c1nnc(F)[nH]1)n2Cl. The van der Waals surface area contributed by atoms with E-state index in [4.69, 9.17) is 16.5 Å². The van der Waals surface area contributed by atoms with E-state index < -0.39 is 11.9 Å². The first-order valence-corrected chi connectivity index (χ1v) is 7.09. The van der Waals surface area contributed by atoms with Gasteiger partial charge in [-0.25, -0.2) is 8.48 Å². The van der Waals surface area contributed by atoms with E-state index in [0.717, 1.165) is 4.09 Å². The Kier molecular flexibility index (Phi) is 3.24. The molecule has 3 heterocycles. The third-order valence-electron chi connectivity index (χ3n) is 3.64. The van der Waals surface area contributed by atoms with E-state index in [2.05, 4.69) is 25.4 Å². The molecule has 0 fully saturated rings. The molecular weight excluding hydrogens is 342 g/mol. The second kappa shape index (κ2) is 5.31. The fourth-order valence-electron chi connectivity index (χ4n) is 2.66. The van der Waals surface area contributed by atoms with E-state index in [9.17, 15) is 8.78 Å². The highest BCUT2D eigenvalue weighted by Crippen LogP contribution is 2.42. The first-order valence-electron chi connectivity index (χ1n) is 6.76. The van der Waals surface area contributed by atoms with Crippen molar-refractivity contribution >= 4 is 22.7 Å². The van der Waals surface area contributed by atoms with Crippen LogP contribution in [0.1, 0.15) is 0 Å². The van der Waals surface area contributed by atoms with E-state index in [1.165, 1.54) is 13.2 Å². The zero-order valence-corrected chi connectivity index (χ0v) is 12.9. The van der Waals surface area contributed by atoms with Gasteiger partial charge in [-0.1, -0.05) is 5.10 Å². The number of hydrogen-bond donors (Lipinski definition) is 2. The van der Waals surface area contributed by atoms with Crippen molar-refractivity contribution in [1.29, 1.82) is 0 Å². The average molecular weight is 351 g/mol. The molecule has 0 unspecified atom stereocenters. The minimum absolute atomic E-state index is 0.0632. The first-order chi connectivity index (χ1) is 11.6. The fourth-order valence-corrected chi connectivity index (χ4v) is 3.00. The summed E-state index contributed by atoms with van der Waals surface area (Å²) >= 11 is 6.32. The summed E-state index contributed by atoms with van der Waals surface area (Å²) in [5, 5.41) is 14.1. The highest BCUT2D eigenvalue weighted by atomic mass is 35.5. The summed E-state index contributed by atoms with van der Waals surface area (Å²) in [5.74, 6) is -0.203. The number of aromatic amines is 2. The van der Waals surface area contributed by atoms with Gasteiger partial charge >= 0.3 is 6.08 Å². The van der Waals surface area contributed by atoms with Gasteiger partial charge in [0.2, 0.25) is 0 Å². The lowest BCUT2D eigenvalue weighted by molar-refractivity contribution is 0.412. The second-order valence-corrected chi connectivity index (χ2v) is 5.30. The Morgan fingerprint density at radius 2 is 2.08 bits per heavy atom. The number of ether oxygens (including phenoxy) is 1. The Labute approximate surface area is 138 Å². The molecule has 0 aliphatic carbocycles. The van der Waals surface area contributed by atoms with Gasteiger partial charge in [-0.15, -0.1) is 5.10 Å². The van der Waals surface area contributed by atoms with Crippen LogP contribution in [0.3, 0.4) is 0 Å². The van der Waals surface area contributed by atoms with Gasteiger partial charge in [0.25, 0.3) is 0 Å². The monoisotopic (exact) mass is 350 g/mol. The molecule has 0 aliphatic rings. The van der Waals surface area contributed by atoms with Crippen molar-refractivity contribution in [1.82, 2.24) is 29.5 Å². The van der Waals surface area contributed by atoms with Crippen LogP contribution in [-0.2, 0) is 0 Å². The molecule has 24 heavy (non-hydrogen) atoms. The van der Waals surface area contributed by atoms with Crippen molar-refractivity contribution in [3.05, 3.63) is 36.4 Å². The quantitative estimate of drug-likeness (QED) is 0.594. The third kappa shape index (κ3) is 2.05. The highest BCUT2D eigenvalue weighted by molar-refractivity contribution is 6.24. The van der Waals surface area contributed by atoms with Crippen LogP contribution in [0.5, 0.6) is 5.75 Å². The molecule has 4 aromatic rings. The molecule has 122 valence electrons. The predicted octanol–water partition coefficient (Wildman–Crippen LogP) is 3.11. The van der Waals surface area contributed by atoms with E-state index in [1.807, 2.05) is 0 Å². The number of methoxy groups -OCH3 is 1. The van der Waals surface area contributed by atoms with Gasteiger partial charge in [0.1, 0.15) is 17.0 Å². The summed E-state index contributed by atoms with van der Waals surface area (Å²) in [6.45, 7) is 0. The van der Waals surface area contributed by atoms with Crippen LogP contribution in [0.25, 0.3) is 33.5 Å². The standard InChI is InChI=1S/C14H9ClF2N6O/c1-24-7-2-8-10(6-4-18-19-5-6)12(13-20-14(17)22-21-13)23(15)11(8)9(16)3-7/h2-5H,1H3,(H,18,19)(H,20,21,22). The molecule has 0 radical (unpaired) electrons. The maximum absolute atomic E-state index is 14.5. The number of aromatic nitrogens is 6. The second-order valence-electron chi connectivity index (χ2n) is 4.96. The van der Waals surface area contributed by atoms with Crippen molar-refractivity contribution in [2.45, 2.75) is 0 Å². The maximum atomic E-state index is 14.5. The van der Waals surface area contributed by atoms with Crippen LogP contribution in [-0.4, -0.2) is 36.6 Å². The van der Waals surface area contributed by atoms with Crippen LogP contribution in [0.15, 0.2) is 24.5 Å². The van der Waals surface area contributed by atoms with Crippen molar-refractivity contribution in [3.63, 3.8) is 0 Å². The predicted molar refractivity (Wildman–Crippen MR) is 82.6 cm³/mol. The van der Waals surface area contributed by atoms with Crippen LogP contribution in [0.2, 0.25) is 0 Å². The van der Waals surface area contributed by atoms with Crippen LogP contribution in [0.4, 0.5) is 8.78 Å². The molecule has 0 aliphatic heterocycles. The lowest BCUT2D eigenvalue weighted by Crippen LogP contribution is -1.91. The van der Waals surface area contributed by atoms with E-state index in [1.54, 1.807) is 18.5 Å². The molecule has 1 aromatic carbocycles. The van der Waals surface area contributed by atoms with Crippen molar-refractivity contribution < 1.29 is 13.5 Å². The van der Waals surface area contributed by atoms with Crippen molar-refractivity contribution in [3.8, 4) is 28.4 Å². The number of benzene rings is 1. The summed E-state index contributed by atoms with van der Waals surface area (Å²) < 4.78 is 34.0. The molecule has 3 aromatic heterocycles. The molecule has 2 N–H and O–H groups in total. The highest BCUT2D eigenvalue weighted by Gasteiger charge is 2.25. The molecule has 0 bridgehead atoms. The molecule has 0 saturated carbocycles. The molecule has 0 amide bonds. The Balaban J connectivity index is 2.16. The third-order valence-corrected chi connectivity index (χ3v) is 3.98. The largest absolute Gasteiger partial charge is 0.497 e. The lowest BCUT2D eigenvalue weighted by Gasteiger charge is -2.02. The normalized spacial score (nSPS) is 11.3. The molecule has 0 atom stereocenters. The number of rotatable bonds is 3. The van der Waals surface area contributed by atoms with Crippen LogP contribution < -0.4 is 4.74 Å². The summed E-state index contributed by atoms with van der Waals surface area (Å²) in [7, 11) is 1.43. The smallest absolute Gasteiger partial charge is 0.306 e. The summed E-state index contributed by atoms with van der Waals surface area (Å²) in [4.78, 5) is 2.37. The summed E-state index contributed by atoms with van der Waals surface area (Å²) in [6, 6.07) is 2.85. The van der Waals surface area contributed by atoms with Crippen molar-refractivity contribution in [2.24, 2.45) is 0 Å². The Bertz CT molecular complexity index is 1040. The van der Waals surface area contributed by atoms with Gasteiger partial charge in [0.05, 0.1) is 13.3 Å². The number of halogens is 3. The average Bonchev–Trinajstić information content (AvgIpc) is 3.26. The van der Waals surface area contributed by atoms with E-state index in [-0.39, 0.29) is 17.0 Å². The Hall–Kier alpha value is -2.94. The van der Waals surface area contributed by atoms with Gasteiger partial charge in [-0.2, -0.15) is 9.49 Å². The zero-order valence-electron chi connectivity index (χ0n) is 12.1. The van der Waals surface area contributed by atoms with E-state index >= 15 is 0 Å². The zero-order chi connectivity index (χ0) is 16.8. The fraction of sp³-hybridized carbons (Fsp3) is 0.0714. The lowest BCUT2D eigenvalue weighted by atomic mass is 10.0. The Morgan fingerprint density at radius 3 is 2.71 bits per heavy atom. The molecule has 0 saturated heterocycles. The van der Waals surface area contributed by atoms with Gasteiger partial charge < -0.3 is 4.74 Å². The van der Waals surface area contributed by atoms with Crippen LogP contribution in [0, 0.1) is 11.9 Å². The number of fused-ring (bicyclic) bond motifs is 1. The molecule has 4 rings (SSSR count). The maximum Gasteiger partial charge on any atom is 0.306 e. The Morgan fingerprint density at radius 1 is 1.25 bits per heavy atom. The first kappa shape index (κ1) is 14.6. The number of nitrogens with zero attached hydrogens (tertiary/aromatic N) is 4. The topological polar surface area (TPSA) is 84.4 Å². The summed E-state index contributed by atoms with van der Waals surface area (Å²) in [6.07, 6.45) is 2.28. The van der Waals surface area contributed by atoms with Gasteiger partial charge in [-0.3, -0.25) is 10.1 Å². The number of H-pyrrole nitrogens is 2. The molecule has 0 spiro atoms. The van der Waals surface area contributed by atoms with Gasteiger partial charge in [0.15, 0.2) is 11.6 Å². The molecular formula is C14H9ClF2N6O. The minimum atomic E-state index is -0.872.